The Balaban J connectivity index is 2.11. The fraction of sp³-hybridized carbons (Fsp3) is 0.222. The lowest BCUT2D eigenvalue weighted by molar-refractivity contribution is 0.0952. The van der Waals surface area contributed by atoms with E-state index in [0.29, 0.717) is 11.3 Å². The van der Waals surface area contributed by atoms with Gasteiger partial charge in [-0.15, -0.1) is 0 Å². The number of hydrazone groups is 1. The molecule has 0 aliphatic carbocycles. The second kappa shape index (κ2) is 7.41. The standard InChI is InChI=1S/C18H20N2O2/c1-4-14-9-11-15(12-10-14)13(2)19-20-18(21)16-7-5-6-8-17(16)22-3/h5-12H,4H2,1-3H3,(H,20,21). The topological polar surface area (TPSA) is 50.7 Å². The van der Waals surface area contributed by atoms with Gasteiger partial charge in [0.1, 0.15) is 5.75 Å². The lowest BCUT2D eigenvalue weighted by atomic mass is 10.1. The summed E-state index contributed by atoms with van der Waals surface area (Å²) in [7, 11) is 1.54. The van der Waals surface area contributed by atoms with E-state index >= 15 is 0 Å². The fourth-order valence-electron chi connectivity index (χ4n) is 2.07. The van der Waals surface area contributed by atoms with Crippen LogP contribution in [0.15, 0.2) is 53.6 Å². The van der Waals surface area contributed by atoms with Crippen LogP contribution in [0.25, 0.3) is 0 Å². The van der Waals surface area contributed by atoms with Gasteiger partial charge in [0.15, 0.2) is 0 Å². The minimum atomic E-state index is -0.290. The van der Waals surface area contributed by atoms with Crippen LogP contribution >= 0.6 is 0 Å². The van der Waals surface area contributed by atoms with E-state index in [4.69, 9.17) is 4.74 Å². The van der Waals surface area contributed by atoms with E-state index in [1.54, 1.807) is 18.2 Å². The number of benzene rings is 2. The first-order chi connectivity index (χ1) is 10.7. The maximum Gasteiger partial charge on any atom is 0.275 e. The lowest BCUT2D eigenvalue weighted by Crippen LogP contribution is -2.20. The van der Waals surface area contributed by atoms with Gasteiger partial charge in [0, 0.05) is 0 Å². The van der Waals surface area contributed by atoms with Gasteiger partial charge < -0.3 is 4.74 Å². The first kappa shape index (κ1) is 15.8. The summed E-state index contributed by atoms with van der Waals surface area (Å²) in [4.78, 5) is 12.2. The maximum absolute atomic E-state index is 12.2. The van der Waals surface area contributed by atoms with Crippen molar-refractivity contribution in [1.82, 2.24) is 5.43 Å². The second-order valence-electron chi connectivity index (χ2n) is 4.89. The van der Waals surface area contributed by atoms with Crippen molar-refractivity contribution in [2.75, 3.05) is 7.11 Å². The number of methoxy groups -OCH3 is 1. The third-order valence-electron chi connectivity index (χ3n) is 3.46. The quantitative estimate of drug-likeness (QED) is 0.679. The Labute approximate surface area is 130 Å². The molecule has 22 heavy (non-hydrogen) atoms. The minimum Gasteiger partial charge on any atom is -0.496 e. The summed E-state index contributed by atoms with van der Waals surface area (Å²) in [5, 5.41) is 4.16. The molecule has 0 atom stereocenters. The molecule has 0 saturated heterocycles. The highest BCUT2D eigenvalue weighted by molar-refractivity contribution is 6.01. The Kier molecular flexibility index (Phi) is 5.31. The summed E-state index contributed by atoms with van der Waals surface area (Å²) in [6, 6.07) is 15.2. The van der Waals surface area contributed by atoms with Crippen LogP contribution in [0.2, 0.25) is 0 Å². The molecule has 4 heteroatoms. The molecule has 0 aliphatic heterocycles. The Morgan fingerprint density at radius 1 is 1.14 bits per heavy atom. The Morgan fingerprint density at radius 2 is 1.82 bits per heavy atom. The van der Waals surface area contributed by atoms with Crippen LogP contribution in [0.4, 0.5) is 0 Å². The zero-order chi connectivity index (χ0) is 15.9. The average molecular weight is 296 g/mol. The number of carbonyl (C=O) groups is 1. The molecule has 1 amide bonds. The van der Waals surface area contributed by atoms with E-state index in [-0.39, 0.29) is 5.91 Å². The van der Waals surface area contributed by atoms with Crippen molar-refractivity contribution in [3.63, 3.8) is 0 Å². The van der Waals surface area contributed by atoms with Crippen LogP contribution in [0.1, 0.15) is 35.3 Å². The van der Waals surface area contributed by atoms with E-state index in [9.17, 15) is 4.79 Å². The number of amides is 1. The molecule has 2 aromatic carbocycles. The number of para-hydroxylation sites is 1. The van der Waals surface area contributed by atoms with Crippen molar-refractivity contribution in [3.8, 4) is 5.75 Å². The van der Waals surface area contributed by atoms with Crippen molar-refractivity contribution in [2.24, 2.45) is 5.10 Å². The van der Waals surface area contributed by atoms with Gasteiger partial charge >= 0.3 is 0 Å². The molecule has 0 unspecified atom stereocenters. The Bertz CT molecular complexity index is 676. The number of hydrogen-bond acceptors (Lipinski definition) is 3. The number of ether oxygens (including phenoxy) is 1. The van der Waals surface area contributed by atoms with Crippen LogP contribution in [-0.4, -0.2) is 18.7 Å². The average Bonchev–Trinajstić information content (AvgIpc) is 2.59. The highest BCUT2D eigenvalue weighted by atomic mass is 16.5. The number of aryl methyl sites for hydroxylation is 1. The van der Waals surface area contributed by atoms with E-state index in [0.717, 1.165) is 17.7 Å². The van der Waals surface area contributed by atoms with Crippen LogP contribution in [0.5, 0.6) is 5.75 Å². The summed E-state index contributed by atoms with van der Waals surface area (Å²) in [6.07, 6.45) is 1.00. The zero-order valence-electron chi connectivity index (χ0n) is 13.1. The van der Waals surface area contributed by atoms with E-state index in [1.165, 1.54) is 12.7 Å². The molecule has 0 saturated carbocycles. The summed E-state index contributed by atoms with van der Waals surface area (Å²) in [5.41, 5.74) is 6.04. The van der Waals surface area contributed by atoms with Gasteiger partial charge in [0.05, 0.1) is 18.4 Å². The van der Waals surface area contributed by atoms with Crippen LogP contribution < -0.4 is 10.2 Å². The summed E-state index contributed by atoms with van der Waals surface area (Å²) in [6.45, 7) is 3.98. The van der Waals surface area contributed by atoms with Crippen LogP contribution in [0.3, 0.4) is 0 Å². The lowest BCUT2D eigenvalue weighted by Gasteiger charge is -2.07. The molecule has 4 nitrogen and oxygen atoms in total. The molecule has 0 spiro atoms. The van der Waals surface area contributed by atoms with Gasteiger partial charge in [-0.05, 0) is 36.6 Å². The van der Waals surface area contributed by atoms with Gasteiger partial charge in [-0.2, -0.15) is 5.10 Å². The fourth-order valence-corrected chi connectivity index (χ4v) is 2.07. The molecule has 0 radical (unpaired) electrons. The third-order valence-corrected chi connectivity index (χ3v) is 3.46. The summed E-state index contributed by atoms with van der Waals surface area (Å²) < 4.78 is 5.17. The van der Waals surface area contributed by atoms with Crippen molar-refractivity contribution in [3.05, 3.63) is 65.2 Å². The highest BCUT2D eigenvalue weighted by Gasteiger charge is 2.10. The number of hydrogen-bond donors (Lipinski definition) is 1. The Hall–Kier alpha value is -2.62. The summed E-state index contributed by atoms with van der Waals surface area (Å²) >= 11 is 0. The second-order valence-corrected chi connectivity index (χ2v) is 4.89. The minimum absolute atomic E-state index is 0.290. The number of nitrogens with one attached hydrogen (secondary N) is 1. The van der Waals surface area contributed by atoms with Gasteiger partial charge in [0.2, 0.25) is 0 Å². The Morgan fingerprint density at radius 3 is 2.45 bits per heavy atom. The molecule has 2 aromatic rings. The molecule has 0 heterocycles. The van der Waals surface area contributed by atoms with Crippen molar-refractivity contribution in [2.45, 2.75) is 20.3 Å². The molecular weight excluding hydrogens is 276 g/mol. The first-order valence-electron chi connectivity index (χ1n) is 7.22. The van der Waals surface area contributed by atoms with Crippen molar-refractivity contribution < 1.29 is 9.53 Å². The maximum atomic E-state index is 12.2. The molecular formula is C18H20N2O2. The normalized spacial score (nSPS) is 11.1. The van der Waals surface area contributed by atoms with Crippen molar-refractivity contribution in [1.29, 1.82) is 0 Å². The molecule has 0 aliphatic rings. The van der Waals surface area contributed by atoms with E-state index in [1.807, 2.05) is 25.1 Å². The van der Waals surface area contributed by atoms with Crippen LogP contribution in [0, 0.1) is 0 Å². The largest absolute Gasteiger partial charge is 0.496 e. The molecule has 2 rings (SSSR count). The first-order valence-corrected chi connectivity index (χ1v) is 7.22. The van der Waals surface area contributed by atoms with Gasteiger partial charge in [0.25, 0.3) is 5.91 Å². The number of rotatable bonds is 5. The van der Waals surface area contributed by atoms with Crippen LogP contribution in [-0.2, 0) is 6.42 Å². The van der Waals surface area contributed by atoms with Gasteiger partial charge in [-0.1, -0.05) is 43.3 Å². The molecule has 0 fully saturated rings. The van der Waals surface area contributed by atoms with Gasteiger partial charge in [-0.3, -0.25) is 4.79 Å². The third kappa shape index (κ3) is 3.73. The number of nitrogens with zero attached hydrogens (tertiary/aromatic N) is 1. The molecule has 0 bridgehead atoms. The monoisotopic (exact) mass is 296 g/mol. The SMILES string of the molecule is CCc1ccc(C(C)=NNC(=O)c2ccccc2OC)cc1. The van der Waals surface area contributed by atoms with Gasteiger partial charge in [-0.25, -0.2) is 5.43 Å². The highest BCUT2D eigenvalue weighted by Crippen LogP contribution is 2.16. The number of carbonyl (C=O) groups excluding carboxylic acids is 1. The molecule has 1 N–H and O–H groups in total. The molecule has 114 valence electrons. The summed E-state index contributed by atoms with van der Waals surface area (Å²) in [5.74, 6) is 0.238. The molecule has 0 aromatic heterocycles. The zero-order valence-corrected chi connectivity index (χ0v) is 13.1. The predicted octanol–water partition coefficient (Wildman–Crippen LogP) is 3.41. The van der Waals surface area contributed by atoms with Crippen molar-refractivity contribution >= 4 is 11.6 Å². The van der Waals surface area contributed by atoms with E-state index in [2.05, 4.69) is 29.6 Å². The predicted molar refractivity (Wildman–Crippen MR) is 88.5 cm³/mol. The smallest absolute Gasteiger partial charge is 0.275 e. The van der Waals surface area contributed by atoms with E-state index < -0.39 is 0 Å².